The van der Waals surface area contributed by atoms with E-state index in [1.54, 1.807) is 0 Å². The van der Waals surface area contributed by atoms with Gasteiger partial charge in [-0.15, -0.1) is 0 Å². The average molecular weight is 166 g/mol. The van der Waals surface area contributed by atoms with Gasteiger partial charge < -0.3 is 0 Å². The van der Waals surface area contributed by atoms with Crippen LogP contribution < -0.4 is 5.73 Å². The molecule has 0 unspecified atom stereocenters. The molecule has 1 saturated carbocycles. The number of nitrogens with zero attached hydrogens (tertiary/aromatic N) is 1. The molecule has 0 aromatic heterocycles. The molecule has 0 atom stereocenters. The number of rotatable bonds is 1. The Hall–Kier alpha value is -0.550. The first-order valence-corrected chi connectivity index (χ1v) is 4.75. The van der Waals surface area contributed by atoms with E-state index in [0.29, 0.717) is 0 Å². The summed E-state index contributed by atoms with van der Waals surface area (Å²) in [5.41, 5.74) is 5.34. The second-order valence-corrected chi connectivity index (χ2v) is 4.30. The average Bonchev–Trinajstić information content (AvgIpc) is 2.05. The van der Waals surface area contributed by atoms with E-state index in [1.165, 1.54) is 0 Å². The van der Waals surface area contributed by atoms with E-state index in [9.17, 15) is 0 Å². The zero-order valence-corrected chi connectivity index (χ0v) is 8.01. The molecule has 2 N–H and O–H groups in total. The quantitative estimate of drug-likeness (QED) is 0.596. The van der Waals surface area contributed by atoms with Crippen LogP contribution in [0.25, 0.3) is 4.85 Å². The molecule has 0 heterocycles. The standard InChI is InChI=1S/C10H18N2/c1-8(2)9-4-6-10(11,12-3)7-5-9/h8-9H,4-7,11H2,1-2H3. The fraction of sp³-hybridized carbons (Fsp3) is 0.900. The third kappa shape index (κ3) is 1.98. The van der Waals surface area contributed by atoms with Crippen LogP contribution in [0, 0.1) is 18.4 Å². The summed E-state index contributed by atoms with van der Waals surface area (Å²) in [6, 6.07) is 0. The molecule has 2 heteroatoms. The minimum atomic E-state index is -0.522. The van der Waals surface area contributed by atoms with Gasteiger partial charge in [0, 0.05) is 12.8 Å². The molecule has 1 aliphatic rings. The molecule has 0 radical (unpaired) electrons. The van der Waals surface area contributed by atoms with Gasteiger partial charge in [0.05, 0.1) is 0 Å². The zero-order chi connectivity index (χ0) is 9.19. The summed E-state index contributed by atoms with van der Waals surface area (Å²) in [4.78, 5) is 3.50. The molecule has 1 fully saturated rings. The second-order valence-electron chi connectivity index (χ2n) is 4.30. The molecule has 1 aliphatic carbocycles. The van der Waals surface area contributed by atoms with E-state index in [2.05, 4.69) is 18.7 Å². The predicted molar refractivity (Wildman–Crippen MR) is 50.3 cm³/mol. The lowest BCUT2D eigenvalue weighted by atomic mass is 9.77. The van der Waals surface area contributed by atoms with Crippen LogP contribution in [0.15, 0.2) is 0 Å². The summed E-state index contributed by atoms with van der Waals surface area (Å²) in [6.07, 6.45) is 4.05. The fourth-order valence-electron chi connectivity index (χ4n) is 1.92. The van der Waals surface area contributed by atoms with Crippen molar-refractivity contribution in [2.75, 3.05) is 0 Å². The SMILES string of the molecule is [C-]#[N+]C1(N)CCC(C(C)C)CC1. The first kappa shape index (κ1) is 9.54. The largest absolute Gasteiger partial charge is 0.293 e. The zero-order valence-electron chi connectivity index (χ0n) is 8.01. The van der Waals surface area contributed by atoms with Crippen molar-refractivity contribution in [2.24, 2.45) is 17.6 Å². The molecule has 0 aliphatic heterocycles. The van der Waals surface area contributed by atoms with Gasteiger partial charge in [-0.2, -0.15) is 0 Å². The van der Waals surface area contributed by atoms with E-state index in [0.717, 1.165) is 37.5 Å². The Morgan fingerprint density at radius 3 is 2.25 bits per heavy atom. The number of hydrogen-bond acceptors (Lipinski definition) is 1. The topological polar surface area (TPSA) is 30.4 Å². The maximum atomic E-state index is 6.97. The van der Waals surface area contributed by atoms with Crippen molar-refractivity contribution in [2.45, 2.75) is 45.2 Å². The van der Waals surface area contributed by atoms with Crippen molar-refractivity contribution in [3.05, 3.63) is 11.4 Å². The normalized spacial score (nSPS) is 36.4. The number of hydrogen-bond donors (Lipinski definition) is 1. The highest BCUT2D eigenvalue weighted by molar-refractivity contribution is 4.96. The van der Waals surface area contributed by atoms with Crippen molar-refractivity contribution in [3.8, 4) is 0 Å². The number of nitrogens with two attached hydrogens (primary N) is 1. The monoisotopic (exact) mass is 166 g/mol. The Labute approximate surface area is 75.0 Å². The summed E-state index contributed by atoms with van der Waals surface area (Å²) < 4.78 is 0. The smallest absolute Gasteiger partial charge is 0.283 e. The van der Waals surface area contributed by atoms with Gasteiger partial charge >= 0.3 is 0 Å². The summed E-state index contributed by atoms with van der Waals surface area (Å²) >= 11 is 0. The third-order valence-electron chi connectivity index (χ3n) is 3.06. The summed E-state index contributed by atoms with van der Waals surface area (Å²) in [7, 11) is 0. The maximum absolute atomic E-state index is 6.97. The lowest BCUT2D eigenvalue weighted by Crippen LogP contribution is -2.40. The first-order valence-electron chi connectivity index (χ1n) is 4.75. The molecule has 68 valence electrons. The molecule has 0 aromatic rings. The second kappa shape index (κ2) is 3.45. The summed E-state index contributed by atoms with van der Waals surface area (Å²) in [6.45, 7) is 11.5. The van der Waals surface area contributed by atoms with E-state index >= 15 is 0 Å². The Kier molecular flexibility index (Phi) is 2.74. The van der Waals surface area contributed by atoms with Crippen LogP contribution >= 0.6 is 0 Å². The van der Waals surface area contributed by atoms with Crippen LogP contribution in [-0.2, 0) is 0 Å². The Bertz CT molecular complexity index is 183. The minimum Gasteiger partial charge on any atom is -0.293 e. The van der Waals surface area contributed by atoms with Gasteiger partial charge in [-0.3, -0.25) is 10.6 Å². The predicted octanol–water partition coefficient (Wildman–Crippen LogP) is 2.41. The molecule has 0 amide bonds. The molecule has 1 rings (SSSR count). The molecular formula is C10H18N2. The van der Waals surface area contributed by atoms with E-state index < -0.39 is 5.66 Å². The molecule has 2 nitrogen and oxygen atoms in total. The van der Waals surface area contributed by atoms with Gasteiger partial charge in [-0.1, -0.05) is 13.8 Å². The summed E-state index contributed by atoms with van der Waals surface area (Å²) in [5.74, 6) is 1.55. The molecule has 0 saturated heterocycles. The van der Waals surface area contributed by atoms with Crippen molar-refractivity contribution in [1.82, 2.24) is 0 Å². The van der Waals surface area contributed by atoms with Crippen molar-refractivity contribution in [3.63, 3.8) is 0 Å². The Morgan fingerprint density at radius 2 is 1.92 bits per heavy atom. The highest BCUT2D eigenvalue weighted by Crippen LogP contribution is 2.34. The molecule has 12 heavy (non-hydrogen) atoms. The first-order chi connectivity index (χ1) is 5.57. The Balaban J connectivity index is 2.46. The van der Waals surface area contributed by atoms with Gasteiger partial charge in [0.25, 0.3) is 5.66 Å². The van der Waals surface area contributed by atoms with Gasteiger partial charge in [0.15, 0.2) is 0 Å². The van der Waals surface area contributed by atoms with Crippen LogP contribution in [0.3, 0.4) is 0 Å². The lowest BCUT2D eigenvalue weighted by Gasteiger charge is -2.30. The maximum Gasteiger partial charge on any atom is 0.283 e. The van der Waals surface area contributed by atoms with Gasteiger partial charge in [0.2, 0.25) is 0 Å². The molecule has 0 aromatic carbocycles. The van der Waals surface area contributed by atoms with Crippen molar-refractivity contribution in [1.29, 1.82) is 0 Å². The van der Waals surface area contributed by atoms with Crippen molar-refractivity contribution >= 4 is 0 Å². The van der Waals surface area contributed by atoms with Crippen LogP contribution in [-0.4, -0.2) is 5.66 Å². The minimum absolute atomic E-state index is 0.522. The molecule has 0 spiro atoms. The fourth-order valence-corrected chi connectivity index (χ4v) is 1.92. The van der Waals surface area contributed by atoms with Gasteiger partial charge in [-0.25, -0.2) is 6.57 Å². The molecular weight excluding hydrogens is 148 g/mol. The van der Waals surface area contributed by atoms with E-state index in [-0.39, 0.29) is 0 Å². The highest BCUT2D eigenvalue weighted by Gasteiger charge is 2.37. The van der Waals surface area contributed by atoms with Gasteiger partial charge in [-0.05, 0) is 24.7 Å². The van der Waals surface area contributed by atoms with Crippen molar-refractivity contribution < 1.29 is 0 Å². The lowest BCUT2D eigenvalue weighted by molar-refractivity contribution is 0.223. The highest BCUT2D eigenvalue weighted by atomic mass is 15.0. The molecule has 0 bridgehead atoms. The van der Waals surface area contributed by atoms with Crippen LogP contribution in [0.2, 0.25) is 0 Å². The van der Waals surface area contributed by atoms with Crippen LogP contribution in [0.4, 0.5) is 0 Å². The van der Waals surface area contributed by atoms with Crippen LogP contribution in [0.5, 0.6) is 0 Å². The third-order valence-corrected chi connectivity index (χ3v) is 3.06. The Morgan fingerprint density at radius 1 is 1.42 bits per heavy atom. The van der Waals surface area contributed by atoms with Gasteiger partial charge in [0.1, 0.15) is 0 Å². The van der Waals surface area contributed by atoms with E-state index in [4.69, 9.17) is 12.3 Å². The summed E-state index contributed by atoms with van der Waals surface area (Å²) in [5, 5.41) is 0. The van der Waals surface area contributed by atoms with E-state index in [1.807, 2.05) is 0 Å². The van der Waals surface area contributed by atoms with Crippen LogP contribution in [0.1, 0.15) is 39.5 Å².